The fraction of sp³-hybridized carbons (Fsp3) is 0.129. The number of aryl methyl sites for hydroxylation is 2. The van der Waals surface area contributed by atoms with E-state index in [1.165, 1.54) is 6.08 Å². The molecule has 0 spiro atoms. The van der Waals surface area contributed by atoms with Gasteiger partial charge in [-0.25, -0.2) is 4.98 Å². The molecular weight excluding hydrogens is 486 g/mol. The molecule has 0 radical (unpaired) electrons. The Labute approximate surface area is 227 Å². The van der Waals surface area contributed by atoms with E-state index in [2.05, 4.69) is 33.5 Å². The van der Waals surface area contributed by atoms with E-state index >= 15 is 0 Å². The number of hydrogen-bond acceptors (Lipinski definition) is 8. The maximum Gasteiger partial charge on any atom is 0.229 e. The van der Waals surface area contributed by atoms with E-state index in [9.17, 15) is 0 Å². The van der Waals surface area contributed by atoms with E-state index in [4.69, 9.17) is 25.2 Å². The number of ether oxygens (including phenoxy) is 1. The standard InChI is InChI=1S/C31H25N7O/c1-21-16-25(6-4-14-32)17-22(2)29(21)37-30-27(13-10-24-7-5-15-34-19-24)28(20-39-3)36-31(38-30)35-26-11-8-23(18-33)9-12-26/h4-9,11-12,15-17,19H,20H2,1-3H3,(H2,35,36,37,38)/b6-4+. The number of aromatic nitrogens is 3. The minimum Gasteiger partial charge on any atom is -0.378 e. The molecular formula is C31H25N7O. The predicted octanol–water partition coefficient (Wildman–Crippen LogP) is 5.93. The molecule has 4 rings (SSSR count). The van der Waals surface area contributed by atoms with E-state index in [0.29, 0.717) is 28.6 Å². The van der Waals surface area contributed by atoms with Crippen LogP contribution in [0.4, 0.5) is 23.1 Å². The molecule has 0 aliphatic heterocycles. The lowest BCUT2D eigenvalue weighted by Gasteiger charge is -2.17. The van der Waals surface area contributed by atoms with Gasteiger partial charge in [0.15, 0.2) is 5.82 Å². The maximum absolute atomic E-state index is 9.11. The van der Waals surface area contributed by atoms with Crippen LogP contribution in [0.1, 0.15) is 39.1 Å². The number of rotatable bonds is 7. The molecule has 2 N–H and O–H groups in total. The van der Waals surface area contributed by atoms with Crippen molar-refractivity contribution in [2.45, 2.75) is 20.5 Å². The molecule has 2 aromatic heterocycles. The first-order chi connectivity index (χ1) is 19.0. The van der Waals surface area contributed by atoms with Gasteiger partial charge in [-0.1, -0.05) is 11.8 Å². The second kappa shape index (κ2) is 12.7. The zero-order valence-corrected chi connectivity index (χ0v) is 21.8. The first-order valence-electron chi connectivity index (χ1n) is 12.0. The number of allylic oxidation sites excluding steroid dienone is 1. The lowest BCUT2D eigenvalue weighted by atomic mass is 10.0. The van der Waals surface area contributed by atoms with Crippen molar-refractivity contribution in [2.24, 2.45) is 0 Å². The van der Waals surface area contributed by atoms with Crippen LogP contribution in [0.3, 0.4) is 0 Å². The van der Waals surface area contributed by atoms with E-state index in [-0.39, 0.29) is 6.61 Å². The van der Waals surface area contributed by atoms with Gasteiger partial charge in [0, 0.05) is 42.5 Å². The summed E-state index contributed by atoms with van der Waals surface area (Å²) in [6, 6.07) is 18.9. The first-order valence-corrected chi connectivity index (χ1v) is 12.0. The SMILES string of the molecule is COCc1nc(Nc2ccc(C#N)cc2)nc(Nc2c(C)cc(/C=C/C#N)cc2C)c1C#Cc1cccnc1. The van der Waals surface area contributed by atoms with Crippen molar-refractivity contribution in [1.29, 1.82) is 10.5 Å². The third-order valence-corrected chi connectivity index (χ3v) is 5.68. The lowest BCUT2D eigenvalue weighted by molar-refractivity contribution is 0.181. The molecule has 0 amide bonds. The monoisotopic (exact) mass is 511 g/mol. The minimum absolute atomic E-state index is 0.214. The summed E-state index contributed by atoms with van der Waals surface area (Å²) in [6.07, 6.45) is 6.62. The number of benzene rings is 2. The van der Waals surface area contributed by atoms with Crippen LogP contribution in [-0.4, -0.2) is 22.1 Å². The molecule has 0 aliphatic carbocycles. The van der Waals surface area contributed by atoms with Gasteiger partial charge in [-0.3, -0.25) is 4.98 Å². The molecule has 39 heavy (non-hydrogen) atoms. The highest BCUT2D eigenvalue weighted by atomic mass is 16.5. The summed E-state index contributed by atoms with van der Waals surface area (Å²) in [6.45, 7) is 4.20. The average molecular weight is 512 g/mol. The van der Waals surface area contributed by atoms with Crippen molar-refractivity contribution < 1.29 is 4.74 Å². The van der Waals surface area contributed by atoms with Gasteiger partial charge in [-0.2, -0.15) is 15.5 Å². The Kier molecular flexibility index (Phi) is 8.62. The zero-order chi connectivity index (χ0) is 27.6. The van der Waals surface area contributed by atoms with Crippen LogP contribution in [0.5, 0.6) is 0 Å². The topological polar surface area (TPSA) is 120 Å². The Morgan fingerprint density at radius 3 is 2.36 bits per heavy atom. The Bertz CT molecular complexity index is 1630. The quantitative estimate of drug-likeness (QED) is 0.231. The number of pyridine rings is 1. The maximum atomic E-state index is 9.11. The molecule has 2 heterocycles. The van der Waals surface area contributed by atoms with E-state index < -0.39 is 0 Å². The zero-order valence-electron chi connectivity index (χ0n) is 21.8. The number of nitriles is 2. The normalized spacial score (nSPS) is 10.3. The Morgan fingerprint density at radius 1 is 0.949 bits per heavy atom. The van der Waals surface area contributed by atoms with Gasteiger partial charge in [0.05, 0.1) is 35.6 Å². The van der Waals surface area contributed by atoms with E-state index in [1.807, 2.05) is 44.2 Å². The van der Waals surface area contributed by atoms with Gasteiger partial charge >= 0.3 is 0 Å². The van der Waals surface area contributed by atoms with Crippen molar-refractivity contribution in [2.75, 3.05) is 17.7 Å². The highest BCUT2D eigenvalue weighted by Crippen LogP contribution is 2.30. The molecule has 4 aromatic rings. The fourth-order valence-electron chi connectivity index (χ4n) is 3.90. The summed E-state index contributed by atoms with van der Waals surface area (Å²) in [4.78, 5) is 13.6. The molecule has 0 bridgehead atoms. The van der Waals surface area contributed by atoms with Gasteiger partial charge in [-0.05, 0) is 85.1 Å². The van der Waals surface area contributed by atoms with E-state index in [0.717, 1.165) is 33.6 Å². The summed E-state index contributed by atoms with van der Waals surface area (Å²) in [5, 5.41) is 24.7. The largest absolute Gasteiger partial charge is 0.378 e. The number of nitrogens with one attached hydrogen (secondary N) is 2. The minimum atomic E-state index is 0.214. The molecule has 8 heteroatoms. The number of hydrogen-bond donors (Lipinski definition) is 2. The molecule has 0 aliphatic rings. The molecule has 8 nitrogen and oxygen atoms in total. The summed E-state index contributed by atoms with van der Waals surface area (Å²) < 4.78 is 5.47. The average Bonchev–Trinajstić information content (AvgIpc) is 2.94. The van der Waals surface area contributed by atoms with Crippen LogP contribution in [-0.2, 0) is 11.3 Å². The van der Waals surface area contributed by atoms with Gasteiger partial charge in [0.1, 0.15) is 0 Å². The van der Waals surface area contributed by atoms with Crippen molar-refractivity contribution in [3.05, 3.63) is 106 Å². The fourth-order valence-corrected chi connectivity index (χ4v) is 3.90. The molecule has 0 fully saturated rings. The lowest BCUT2D eigenvalue weighted by Crippen LogP contribution is -2.10. The number of nitrogens with zero attached hydrogens (tertiary/aromatic N) is 5. The third kappa shape index (κ3) is 6.84. The molecule has 0 saturated carbocycles. The second-order valence-electron chi connectivity index (χ2n) is 8.57. The number of anilines is 4. The van der Waals surface area contributed by atoms with Crippen LogP contribution < -0.4 is 10.6 Å². The first kappa shape index (κ1) is 26.6. The molecule has 2 aromatic carbocycles. The summed E-state index contributed by atoms with van der Waals surface area (Å²) in [5.41, 5.74) is 7.01. The highest BCUT2D eigenvalue weighted by molar-refractivity contribution is 5.73. The van der Waals surface area contributed by atoms with Crippen LogP contribution >= 0.6 is 0 Å². The van der Waals surface area contributed by atoms with Crippen molar-refractivity contribution in [3.63, 3.8) is 0 Å². The van der Waals surface area contributed by atoms with Gasteiger partial charge < -0.3 is 15.4 Å². The van der Waals surface area contributed by atoms with Crippen LogP contribution in [0.25, 0.3) is 6.08 Å². The van der Waals surface area contributed by atoms with Crippen molar-refractivity contribution in [1.82, 2.24) is 15.0 Å². The van der Waals surface area contributed by atoms with Crippen molar-refractivity contribution in [3.8, 4) is 24.0 Å². The van der Waals surface area contributed by atoms with Gasteiger partial charge in [0.2, 0.25) is 5.95 Å². The van der Waals surface area contributed by atoms with Crippen LogP contribution in [0.15, 0.2) is 67.0 Å². The van der Waals surface area contributed by atoms with Crippen molar-refractivity contribution >= 4 is 29.2 Å². The Hall–Kier alpha value is -5.49. The predicted molar refractivity (Wildman–Crippen MR) is 151 cm³/mol. The summed E-state index contributed by atoms with van der Waals surface area (Å²) in [7, 11) is 1.60. The summed E-state index contributed by atoms with van der Waals surface area (Å²) in [5.74, 6) is 7.23. The summed E-state index contributed by atoms with van der Waals surface area (Å²) >= 11 is 0. The molecule has 0 saturated heterocycles. The Balaban J connectivity index is 1.82. The van der Waals surface area contributed by atoms with Gasteiger partial charge in [-0.15, -0.1) is 0 Å². The highest BCUT2D eigenvalue weighted by Gasteiger charge is 2.16. The van der Waals surface area contributed by atoms with Crippen LogP contribution in [0, 0.1) is 48.4 Å². The molecule has 0 unspecified atom stereocenters. The molecule has 190 valence electrons. The second-order valence-corrected chi connectivity index (χ2v) is 8.57. The van der Waals surface area contributed by atoms with E-state index in [1.54, 1.807) is 49.8 Å². The van der Waals surface area contributed by atoms with Gasteiger partial charge in [0.25, 0.3) is 0 Å². The molecule has 0 atom stereocenters. The smallest absolute Gasteiger partial charge is 0.229 e. The third-order valence-electron chi connectivity index (χ3n) is 5.68. The number of methoxy groups -OCH3 is 1. The Morgan fingerprint density at radius 2 is 1.72 bits per heavy atom. The van der Waals surface area contributed by atoms with Crippen LogP contribution in [0.2, 0.25) is 0 Å².